The first-order chi connectivity index (χ1) is 15.7. The first-order valence-corrected chi connectivity index (χ1v) is 11.7. The summed E-state index contributed by atoms with van der Waals surface area (Å²) in [6, 6.07) is 21.9. The lowest BCUT2D eigenvalue weighted by atomic mass is 10.0. The fourth-order valence-electron chi connectivity index (χ4n) is 3.52. The van der Waals surface area contributed by atoms with Gasteiger partial charge >= 0.3 is 6.18 Å². The van der Waals surface area contributed by atoms with E-state index < -0.39 is 24.9 Å². The van der Waals surface area contributed by atoms with Gasteiger partial charge in [-0.2, -0.15) is 13.2 Å². The van der Waals surface area contributed by atoms with Crippen LogP contribution >= 0.6 is 27.3 Å². The lowest BCUT2D eigenvalue weighted by Gasteiger charge is -2.24. The fourth-order valence-corrected chi connectivity index (χ4v) is 4.84. The van der Waals surface area contributed by atoms with Crippen LogP contribution < -0.4 is 4.90 Å². The van der Waals surface area contributed by atoms with Crippen LogP contribution in [0.25, 0.3) is 21.2 Å². The van der Waals surface area contributed by atoms with E-state index in [1.54, 1.807) is 12.1 Å². The highest BCUT2D eigenvalue weighted by atomic mass is 79.9. The van der Waals surface area contributed by atoms with Crippen LogP contribution in [-0.2, 0) is 11.3 Å². The molecular weight excluding hydrogens is 515 g/mol. The molecule has 3 nitrogen and oxygen atoms in total. The molecule has 0 aliphatic rings. The molecule has 0 saturated heterocycles. The minimum atomic E-state index is -4.44. The van der Waals surface area contributed by atoms with E-state index in [2.05, 4.69) is 15.9 Å². The SMILES string of the molecule is O=C(CCC(F)(F)F)N(Cc1cc2ccccc2s1)c1cc(-c2ccc(Br)cc2)ccc1O. The second-order valence-electron chi connectivity index (χ2n) is 7.56. The quantitative estimate of drug-likeness (QED) is 0.273. The summed E-state index contributed by atoms with van der Waals surface area (Å²) in [6.45, 7) is 0.0629. The predicted octanol–water partition coefficient (Wildman–Crippen LogP) is 7.91. The largest absolute Gasteiger partial charge is 0.506 e. The number of anilines is 1. The summed E-state index contributed by atoms with van der Waals surface area (Å²) in [7, 11) is 0. The number of halogens is 4. The molecule has 8 heteroatoms. The average molecular weight is 534 g/mol. The number of carbonyl (C=O) groups is 1. The van der Waals surface area contributed by atoms with Crippen molar-refractivity contribution >= 4 is 48.9 Å². The molecule has 0 atom stereocenters. The molecule has 0 aliphatic heterocycles. The summed E-state index contributed by atoms with van der Waals surface area (Å²) in [5, 5.41) is 11.6. The Morgan fingerprint density at radius 1 is 0.970 bits per heavy atom. The molecule has 0 saturated carbocycles. The van der Waals surface area contributed by atoms with Gasteiger partial charge in [0, 0.05) is 20.5 Å². The van der Waals surface area contributed by atoms with Crippen LogP contribution in [0.5, 0.6) is 5.75 Å². The van der Waals surface area contributed by atoms with Crippen molar-refractivity contribution in [2.24, 2.45) is 0 Å². The normalized spacial score (nSPS) is 11.6. The van der Waals surface area contributed by atoms with E-state index in [-0.39, 0.29) is 18.0 Å². The van der Waals surface area contributed by atoms with E-state index in [0.29, 0.717) is 0 Å². The maximum absolute atomic E-state index is 13.0. The Morgan fingerprint density at radius 3 is 2.36 bits per heavy atom. The summed E-state index contributed by atoms with van der Waals surface area (Å²) >= 11 is 4.85. The second kappa shape index (κ2) is 9.57. The van der Waals surface area contributed by atoms with Crippen molar-refractivity contribution in [3.63, 3.8) is 0 Å². The Morgan fingerprint density at radius 2 is 1.67 bits per heavy atom. The van der Waals surface area contributed by atoms with Crippen LogP contribution in [0.15, 0.2) is 77.3 Å². The maximum Gasteiger partial charge on any atom is 0.389 e. The predicted molar refractivity (Wildman–Crippen MR) is 130 cm³/mol. The maximum atomic E-state index is 13.0. The summed E-state index contributed by atoms with van der Waals surface area (Å²) in [5.41, 5.74) is 1.77. The van der Waals surface area contributed by atoms with E-state index in [9.17, 15) is 23.1 Å². The van der Waals surface area contributed by atoms with Crippen LogP contribution in [0.4, 0.5) is 18.9 Å². The van der Waals surface area contributed by atoms with Crippen LogP contribution in [-0.4, -0.2) is 17.2 Å². The molecule has 1 N–H and O–H groups in total. The molecule has 0 radical (unpaired) electrons. The Kier molecular flexibility index (Phi) is 6.76. The molecule has 1 amide bonds. The number of phenols is 1. The highest BCUT2D eigenvalue weighted by Crippen LogP contribution is 2.36. The van der Waals surface area contributed by atoms with E-state index in [1.165, 1.54) is 22.3 Å². The molecular formula is C25H19BrF3NO2S. The summed E-state index contributed by atoms with van der Waals surface area (Å²) in [5.74, 6) is -0.870. The molecule has 4 rings (SSSR count). The van der Waals surface area contributed by atoms with Crippen LogP contribution in [0.2, 0.25) is 0 Å². The topological polar surface area (TPSA) is 40.5 Å². The Bertz CT molecular complexity index is 1250. The molecule has 0 aliphatic carbocycles. The zero-order valence-electron chi connectivity index (χ0n) is 17.3. The minimum absolute atomic E-state index is 0.0629. The zero-order chi connectivity index (χ0) is 23.6. The summed E-state index contributed by atoms with van der Waals surface area (Å²) in [6.07, 6.45) is -6.36. The van der Waals surface area contributed by atoms with Gasteiger partial charge in [0.05, 0.1) is 18.7 Å². The highest BCUT2D eigenvalue weighted by molar-refractivity contribution is 9.10. The molecule has 33 heavy (non-hydrogen) atoms. The van der Waals surface area contributed by atoms with Crippen LogP contribution in [0.1, 0.15) is 17.7 Å². The van der Waals surface area contributed by atoms with Crippen molar-refractivity contribution in [2.75, 3.05) is 4.90 Å². The van der Waals surface area contributed by atoms with Gasteiger partial charge in [-0.25, -0.2) is 0 Å². The van der Waals surface area contributed by atoms with E-state index >= 15 is 0 Å². The molecule has 170 valence electrons. The third kappa shape index (κ3) is 5.75. The first kappa shape index (κ1) is 23.3. The first-order valence-electron chi connectivity index (χ1n) is 10.1. The Balaban J connectivity index is 1.72. The van der Waals surface area contributed by atoms with Gasteiger partial charge in [0.25, 0.3) is 0 Å². The lowest BCUT2D eigenvalue weighted by Crippen LogP contribution is -2.31. The number of thiophene rings is 1. The van der Waals surface area contributed by atoms with Gasteiger partial charge in [0.15, 0.2) is 0 Å². The van der Waals surface area contributed by atoms with Crippen molar-refractivity contribution < 1.29 is 23.1 Å². The van der Waals surface area contributed by atoms with Gasteiger partial charge in [0.1, 0.15) is 5.75 Å². The van der Waals surface area contributed by atoms with Crippen molar-refractivity contribution in [1.29, 1.82) is 0 Å². The summed E-state index contributed by atoms with van der Waals surface area (Å²) < 4.78 is 40.4. The van der Waals surface area contributed by atoms with Crippen molar-refractivity contribution in [2.45, 2.75) is 25.6 Å². The number of hydrogen-bond acceptors (Lipinski definition) is 3. The molecule has 0 bridgehead atoms. The van der Waals surface area contributed by atoms with Gasteiger partial charge in [0.2, 0.25) is 5.91 Å². The molecule has 1 heterocycles. The molecule has 4 aromatic rings. The Labute approximate surface area is 201 Å². The van der Waals surface area contributed by atoms with E-state index in [4.69, 9.17) is 0 Å². The number of nitrogens with zero attached hydrogens (tertiary/aromatic N) is 1. The minimum Gasteiger partial charge on any atom is -0.506 e. The number of hydrogen-bond donors (Lipinski definition) is 1. The number of benzene rings is 3. The van der Waals surface area contributed by atoms with Crippen LogP contribution in [0.3, 0.4) is 0 Å². The van der Waals surface area contributed by atoms with Gasteiger partial charge in [-0.05, 0) is 52.9 Å². The second-order valence-corrected chi connectivity index (χ2v) is 9.64. The molecule has 1 aromatic heterocycles. The zero-order valence-corrected chi connectivity index (χ0v) is 19.7. The third-order valence-electron chi connectivity index (χ3n) is 5.16. The summed E-state index contributed by atoms with van der Waals surface area (Å²) in [4.78, 5) is 15.0. The number of aromatic hydroxyl groups is 1. The van der Waals surface area contributed by atoms with Crippen molar-refractivity contribution in [3.8, 4) is 16.9 Å². The number of alkyl halides is 3. The fraction of sp³-hybridized carbons (Fsp3) is 0.160. The number of fused-ring (bicyclic) bond motifs is 1. The number of carbonyl (C=O) groups excluding carboxylic acids is 1. The van der Waals surface area contributed by atoms with Gasteiger partial charge < -0.3 is 10.0 Å². The van der Waals surface area contributed by atoms with Crippen LogP contribution in [0, 0.1) is 0 Å². The number of amides is 1. The van der Waals surface area contributed by atoms with E-state index in [1.807, 2.05) is 54.6 Å². The smallest absolute Gasteiger partial charge is 0.389 e. The molecule has 0 fully saturated rings. The third-order valence-corrected chi connectivity index (χ3v) is 6.79. The van der Waals surface area contributed by atoms with Gasteiger partial charge in [-0.3, -0.25) is 4.79 Å². The standard InChI is InChI=1S/C25H19BrF3NO2S/c26-19-8-5-16(6-9-19)17-7-10-22(31)21(14-17)30(24(32)11-12-25(27,28)29)15-20-13-18-3-1-2-4-23(18)33-20/h1-10,13-14,31H,11-12,15H2. The van der Waals surface area contributed by atoms with Crippen molar-refractivity contribution in [3.05, 3.63) is 82.1 Å². The molecule has 3 aromatic carbocycles. The van der Waals surface area contributed by atoms with E-state index in [0.717, 1.165) is 30.6 Å². The van der Waals surface area contributed by atoms with Crippen molar-refractivity contribution in [1.82, 2.24) is 0 Å². The van der Waals surface area contributed by atoms with Gasteiger partial charge in [-0.15, -0.1) is 11.3 Å². The number of phenolic OH excluding ortho intramolecular Hbond substituents is 1. The highest BCUT2D eigenvalue weighted by Gasteiger charge is 2.30. The molecule has 0 spiro atoms. The monoisotopic (exact) mass is 533 g/mol. The average Bonchev–Trinajstić information content (AvgIpc) is 3.19. The van der Waals surface area contributed by atoms with Gasteiger partial charge in [-0.1, -0.05) is 52.3 Å². The Hall–Kier alpha value is -2.84. The number of rotatable bonds is 6. The lowest BCUT2D eigenvalue weighted by molar-refractivity contribution is -0.143. The molecule has 0 unspecified atom stereocenters.